The molecular formula is C21H21ClN2OS. The lowest BCUT2D eigenvalue weighted by molar-refractivity contribution is -0.120. The minimum Gasteiger partial charge on any atom is -0.355 e. The number of amides is 1. The van der Waals surface area contributed by atoms with Gasteiger partial charge in [-0.15, -0.1) is 11.3 Å². The zero-order chi connectivity index (χ0) is 18.2. The Morgan fingerprint density at radius 3 is 2.46 bits per heavy atom. The van der Waals surface area contributed by atoms with Crippen LogP contribution in [0.5, 0.6) is 0 Å². The summed E-state index contributed by atoms with van der Waals surface area (Å²) in [6, 6.07) is 22.0. The van der Waals surface area contributed by atoms with Crippen LogP contribution in [-0.4, -0.2) is 19.0 Å². The van der Waals surface area contributed by atoms with Crippen LogP contribution in [0.25, 0.3) is 0 Å². The van der Waals surface area contributed by atoms with Crippen LogP contribution < -0.4 is 10.6 Å². The topological polar surface area (TPSA) is 41.1 Å². The second kappa shape index (κ2) is 9.53. The van der Waals surface area contributed by atoms with E-state index in [2.05, 4.69) is 34.2 Å². The first-order chi connectivity index (χ1) is 12.7. The first-order valence-corrected chi connectivity index (χ1v) is 9.81. The van der Waals surface area contributed by atoms with E-state index in [-0.39, 0.29) is 18.5 Å². The van der Waals surface area contributed by atoms with Crippen LogP contribution in [0, 0.1) is 0 Å². The third-order valence-electron chi connectivity index (χ3n) is 4.08. The maximum Gasteiger partial charge on any atom is 0.233 e. The highest BCUT2D eigenvalue weighted by Crippen LogP contribution is 2.25. The number of carbonyl (C=O) groups is 1. The number of carbonyl (C=O) groups excluding carboxylic acids is 1. The summed E-state index contributed by atoms with van der Waals surface area (Å²) in [6.07, 6.45) is 0.788. The van der Waals surface area contributed by atoms with Gasteiger partial charge in [0, 0.05) is 16.4 Å². The summed E-state index contributed by atoms with van der Waals surface area (Å²) in [5.74, 6) is -0.00329. The molecule has 134 valence electrons. The number of hydrogen-bond acceptors (Lipinski definition) is 3. The Balaban J connectivity index is 1.50. The van der Waals surface area contributed by atoms with Gasteiger partial charge < -0.3 is 5.32 Å². The average molecular weight is 385 g/mol. The summed E-state index contributed by atoms with van der Waals surface area (Å²) >= 11 is 7.57. The fraction of sp³-hybridized carbons (Fsp3) is 0.190. The molecule has 0 spiro atoms. The van der Waals surface area contributed by atoms with Crippen LogP contribution in [0.4, 0.5) is 0 Å². The molecule has 1 aromatic heterocycles. The molecule has 0 radical (unpaired) electrons. The molecule has 0 saturated carbocycles. The van der Waals surface area contributed by atoms with E-state index in [0.717, 1.165) is 22.6 Å². The zero-order valence-electron chi connectivity index (χ0n) is 14.3. The Morgan fingerprint density at radius 2 is 1.77 bits per heavy atom. The van der Waals surface area contributed by atoms with Crippen LogP contribution in [0.3, 0.4) is 0 Å². The van der Waals surface area contributed by atoms with Crippen molar-refractivity contribution in [3.63, 3.8) is 0 Å². The number of halogens is 1. The molecule has 3 rings (SSSR count). The molecule has 0 bridgehead atoms. The van der Waals surface area contributed by atoms with Crippen LogP contribution in [0.15, 0.2) is 72.1 Å². The van der Waals surface area contributed by atoms with E-state index < -0.39 is 0 Å². The van der Waals surface area contributed by atoms with Crippen molar-refractivity contribution in [3.8, 4) is 0 Å². The van der Waals surface area contributed by atoms with Crippen molar-refractivity contribution in [2.45, 2.75) is 12.5 Å². The maximum atomic E-state index is 12.2. The summed E-state index contributed by atoms with van der Waals surface area (Å²) < 4.78 is 0. The Kier molecular flexibility index (Phi) is 6.83. The standard InChI is InChI=1S/C21H21ClN2OS/c22-18-10-8-16(9-11-18)12-13-23-20(25)15-24-21(19-7-4-14-26-19)17-5-2-1-3-6-17/h1-11,14,21,24H,12-13,15H2,(H,23,25)/t21-/m0/s1. The Bertz CT molecular complexity index is 804. The third-order valence-corrected chi connectivity index (χ3v) is 5.27. The van der Waals surface area contributed by atoms with E-state index in [1.165, 1.54) is 4.88 Å². The summed E-state index contributed by atoms with van der Waals surface area (Å²) in [4.78, 5) is 13.4. The van der Waals surface area contributed by atoms with E-state index in [0.29, 0.717) is 6.54 Å². The third kappa shape index (κ3) is 5.43. The molecule has 2 N–H and O–H groups in total. The van der Waals surface area contributed by atoms with Crippen molar-refractivity contribution < 1.29 is 4.79 Å². The average Bonchev–Trinajstić information content (AvgIpc) is 3.19. The predicted octanol–water partition coefficient (Wildman–Crippen LogP) is 4.44. The molecule has 0 aliphatic rings. The van der Waals surface area contributed by atoms with Gasteiger partial charge in [0.15, 0.2) is 0 Å². The molecular weight excluding hydrogens is 364 g/mol. The molecule has 0 aliphatic heterocycles. The van der Waals surface area contributed by atoms with Crippen molar-refractivity contribution in [1.82, 2.24) is 10.6 Å². The van der Waals surface area contributed by atoms with Crippen molar-refractivity contribution in [2.75, 3.05) is 13.1 Å². The number of nitrogens with one attached hydrogen (secondary N) is 2. The number of rotatable bonds is 8. The normalized spacial score (nSPS) is 11.9. The van der Waals surface area contributed by atoms with Gasteiger partial charge in [-0.05, 0) is 41.1 Å². The fourth-order valence-electron chi connectivity index (χ4n) is 2.74. The molecule has 3 nitrogen and oxygen atoms in total. The molecule has 0 aliphatic carbocycles. The van der Waals surface area contributed by atoms with E-state index in [4.69, 9.17) is 11.6 Å². The Labute approximate surface area is 163 Å². The van der Waals surface area contributed by atoms with Crippen molar-refractivity contribution in [3.05, 3.63) is 93.1 Å². The van der Waals surface area contributed by atoms with Gasteiger partial charge in [-0.2, -0.15) is 0 Å². The number of benzene rings is 2. The molecule has 5 heteroatoms. The minimum absolute atomic E-state index is 0.00329. The van der Waals surface area contributed by atoms with Gasteiger partial charge in [-0.1, -0.05) is 60.1 Å². The highest BCUT2D eigenvalue weighted by atomic mass is 35.5. The molecule has 0 fully saturated rings. The number of hydrogen-bond donors (Lipinski definition) is 2. The summed E-state index contributed by atoms with van der Waals surface area (Å²) in [5.41, 5.74) is 2.31. The maximum absolute atomic E-state index is 12.2. The lowest BCUT2D eigenvalue weighted by Gasteiger charge is -2.18. The van der Waals surface area contributed by atoms with Gasteiger partial charge in [-0.3, -0.25) is 10.1 Å². The molecule has 1 amide bonds. The van der Waals surface area contributed by atoms with Gasteiger partial charge in [0.05, 0.1) is 12.6 Å². The van der Waals surface area contributed by atoms with Crippen LogP contribution in [-0.2, 0) is 11.2 Å². The van der Waals surface area contributed by atoms with E-state index in [1.807, 2.05) is 48.5 Å². The van der Waals surface area contributed by atoms with Crippen molar-refractivity contribution in [2.24, 2.45) is 0 Å². The van der Waals surface area contributed by atoms with Gasteiger partial charge in [-0.25, -0.2) is 0 Å². The second-order valence-electron chi connectivity index (χ2n) is 5.97. The minimum atomic E-state index is -0.00329. The second-order valence-corrected chi connectivity index (χ2v) is 7.38. The van der Waals surface area contributed by atoms with Crippen molar-refractivity contribution in [1.29, 1.82) is 0 Å². The molecule has 0 saturated heterocycles. The van der Waals surface area contributed by atoms with Crippen LogP contribution >= 0.6 is 22.9 Å². The summed E-state index contributed by atoms with van der Waals surface area (Å²) in [6.45, 7) is 0.884. The quantitative estimate of drug-likeness (QED) is 0.602. The smallest absolute Gasteiger partial charge is 0.233 e. The molecule has 3 aromatic rings. The lowest BCUT2D eigenvalue weighted by Crippen LogP contribution is -2.36. The van der Waals surface area contributed by atoms with Crippen LogP contribution in [0.2, 0.25) is 5.02 Å². The Morgan fingerprint density at radius 1 is 1.00 bits per heavy atom. The highest BCUT2D eigenvalue weighted by Gasteiger charge is 2.15. The van der Waals surface area contributed by atoms with Gasteiger partial charge >= 0.3 is 0 Å². The van der Waals surface area contributed by atoms with E-state index >= 15 is 0 Å². The molecule has 2 aromatic carbocycles. The number of thiophene rings is 1. The lowest BCUT2D eigenvalue weighted by atomic mass is 10.1. The molecule has 1 heterocycles. The summed E-state index contributed by atoms with van der Waals surface area (Å²) in [7, 11) is 0. The van der Waals surface area contributed by atoms with Gasteiger partial charge in [0.25, 0.3) is 0 Å². The van der Waals surface area contributed by atoms with E-state index in [9.17, 15) is 4.79 Å². The van der Waals surface area contributed by atoms with Crippen LogP contribution in [0.1, 0.15) is 22.0 Å². The predicted molar refractivity (Wildman–Crippen MR) is 109 cm³/mol. The van der Waals surface area contributed by atoms with Gasteiger partial charge in [0.2, 0.25) is 5.91 Å². The Hall–Kier alpha value is -2.14. The molecule has 1 atom stereocenters. The SMILES string of the molecule is O=C(CN[C@@H](c1ccccc1)c1cccs1)NCCc1ccc(Cl)cc1. The summed E-state index contributed by atoms with van der Waals surface area (Å²) in [5, 5.41) is 9.12. The molecule has 26 heavy (non-hydrogen) atoms. The zero-order valence-corrected chi connectivity index (χ0v) is 15.9. The first-order valence-electron chi connectivity index (χ1n) is 8.55. The largest absolute Gasteiger partial charge is 0.355 e. The fourth-order valence-corrected chi connectivity index (χ4v) is 3.69. The first kappa shape index (κ1) is 18.6. The van der Waals surface area contributed by atoms with Crippen molar-refractivity contribution >= 4 is 28.8 Å². The van der Waals surface area contributed by atoms with Gasteiger partial charge in [0.1, 0.15) is 0 Å². The molecule has 0 unspecified atom stereocenters. The highest BCUT2D eigenvalue weighted by molar-refractivity contribution is 7.10. The monoisotopic (exact) mass is 384 g/mol. The van der Waals surface area contributed by atoms with E-state index in [1.54, 1.807) is 11.3 Å².